The van der Waals surface area contributed by atoms with Crippen molar-refractivity contribution >= 4 is 18.9 Å². The summed E-state index contributed by atoms with van der Waals surface area (Å²) in [6.45, 7) is 8.15. The van der Waals surface area contributed by atoms with Crippen molar-refractivity contribution in [1.82, 2.24) is 0 Å². The van der Waals surface area contributed by atoms with Gasteiger partial charge in [0.25, 0.3) is 0 Å². The van der Waals surface area contributed by atoms with Gasteiger partial charge in [0.05, 0.1) is 11.2 Å². The fourth-order valence-corrected chi connectivity index (χ4v) is 2.15. The van der Waals surface area contributed by atoms with Crippen LogP contribution in [0.3, 0.4) is 0 Å². The molecule has 0 radical (unpaired) electrons. The van der Waals surface area contributed by atoms with Crippen molar-refractivity contribution in [2.45, 2.75) is 38.9 Å². The topological polar surface area (TPSA) is 70.5 Å². The molecule has 0 aliphatic carbocycles. The van der Waals surface area contributed by atoms with E-state index in [1.165, 1.54) is 12.1 Å². The van der Waals surface area contributed by atoms with Crippen LogP contribution in [0.2, 0.25) is 0 Å². The summed E-state index contributed by atoms with van der Waals surface area (Å²) in [5.74, 6) is -0.383. The summed E-state index contributed by atoms with van der Waals surface area (Å²) >= 11 is 0. The van der Waals surface area contributed by atoms with E-state index >= 15 is 0 Å². The van der Waals surface area contributed by atoms with Crippen LogP contribution in [0.5, 0.6) is 0 Å². The number of halogens is 1. The van der Waals surface area contributed by atoms with Gasteiger partial charge in [0.15, 0.2) is 0 Å². The normalized spacial score (nSPS) is 20.9. The maximum atomic E-state index is 13.4. The van der Waals surface area contributed by atoms with Gasteiger partial charge >= 0.3 is 7.12 Å². The minimum atomic E-state index is -0.538. The largest absolute Gasteiger partial charge is 0.491 e. The van der Waals surface area contributed by atoms with E-state index in [-0.39, 0.29) is 12.4 Å². The quantitative estimate of drug-likeness (QED) is 0.663. The molecular weight excluding hydrogens is 270 g/mol. The van der Waals surface area contributed by atoms with Gasteiger partial charge in [0, 0.05) is 12.2 Å². The number of anilines is 1. The summed E-state index contributed by atoms with van der Waals surface area (Å²) in [5, 5.41) is 0. The number of hydrogen-bond donors (Lipinski definition) is 2. The second-order valence-corrected chi connectivity index (χ2v) is 6.33. The van der Waals surface area contributed by atoms with Crippen molar-refractivity contribution in [3.8, 4) is 0 Å². The van der Waals surface area contributed by atoms with Crippen molar-refractivity contribution in [1.29, 1.82) is 0 Å². The van der Waals surface area contributed by atoms with Crippen LogP contribution in [0.1, 0.15) is 33.3 Å². The lowest BCUT2D eigenvalue weighted by atomic mass is 9.77. The molecule has 1 saturated heterocycles. The summed E-state index contributed by atoms with van der Waals surface area (Å²) in [4.78, 5) is 0. The van der Waals surface area contributed by atoms with Crippen LogP contribution >= 0.6 is 0 Å². The fourth-order valence-electron chi connectivity index (χ4n) is 2.15. The van der Waals surface area contributed by atoms with Gasteiger partial charge in [0.2, 0.25) is 0 Å². The first-order chi connectivity index (χ1) is 9.64. The molecule has 0 unspecified atom stereocenters. The highest BCUT2D eigenvalue weighted by Gasteiger charge is 2.52. The molecule has 21 heavy (non-hydrogen) atoms. The van der Waals surface area contributed by atoms with E-state index < -0.39 is 18.3 Å². The summed E-state index contributed by atoms with van der Waals surface area (Å²) in [6, 6.07) is 4.36. The molecule has 0 aromatic heterocycles. The third-order valence-electron chi connectivity index (χ3n) is 4.09. The number of rotatable bonds is 3. The molecule has 0 spiro atoms. The Labute approximate surface area is 125 Å². The van der Waals surface area contributed by atoms with Crippen molar-refractivity contribution in [2.75, 3.05) is 12.3 Å². The molecule has 0 bridgehead atoms. The number of hydrogen-bond acceptors (Lipinski definition) is 4. The maximum Gasteiger partial charge on any atom is 0.491 e. The average molecular weight is 292 g/mol. The van der Waals surface area contributed by atoms with Gasteiger partial charge in [0.1, 0.15) is 5.82 Å². The SMILES string of the molecule is CC1(C)OB(C(=Cc2cc(N)cc(F)c2)CN)OC1(C)C. The van der Waals surface area contributed by atoms with Gasteiger partial charge in [-0.2, -0.15) is 0 Å². The van der Waals surface area contributed by atoms with Gasteiger partial charge in [-0.05, 0) is 56.9 Å². The zero-order chi connectivity index (χ0) is 15.8. The number of nitrogen functional groups attached to an aromatic ring is 1. The van der Waals surface area contributed by atoms with Crippen LogP contribution in [0.4, 0.5) is 10.1 Å². The highest BCUT2D eigenvalue weighted by atomic mass is 19.1. The van der Waals surface area contributed by atoms with Crippen molar-refractivity contribution in [3.05, 3.63) is 35.1 Å². The van der Waals surface area contributed by atoms with E-state index in [0.29, 0.717) is 11.3 Å². The van der Waals surface area contributed by atoms with Crippen LogP contribution in [-0.4, -0.2) is 24.9 Å². The summed E-state index contributed by atoms with van der Waals surface area (Å²) in [5.41, 5.74) is 12.3. The summed E-state index contributed by atoms with van der Waals surface area (Å²) in [7, 11) is -0.538. The molecule has 4 N–H and O–H groups in total. The van der Waals surface area contributed by atoms with Crippen LogP contribution < -0.4 is 11.5 Å². The zero-order valence-corrected chi connectivity index (χ0v) is 12.9. The van der Waals surface area contributed by atoms with E-state index in [2.05, 4.69) is 0 Å². The standard InChI is InChI=1S/C15H22BFN2O2/c1-14(2)15(3,4)21-16(20-14)11(9-18)5-10-6-12(17)8-13(19)7-10/h5-8H,9,18-19H2,1-4H3. The molecule has 1 aromatic rings. The lowest BCUT2D eigenvalue weighted by Crippen LogP contribution is -2.41. The van der Waals surface area contributed by atoms with Crippen LogP contribution in [0, 0.1) is 5.82 Å². The Hall–Kier alpha value is -1.37. The monoisotopic (exact) mass is 292 g/mol. The van der Waals surface area contributed by atoms with E-state index in [0.717, 1.165) is 5.47 Å². The zero-order valence-electron chi connectivity index (χ0n) is 12.9. The second-order valence-electron chi connectivity index (χ2n) is 6.33. The van der Waals surface area contributed by atoms with Crippen LogP contribution in [0.15, 0.2) is 23.7 Å². The van der Waals surface area contributed by atoms with E-state index in [4.69, 9.17) is 20.8 Å². The van der Waals surface area contributed by atoms with E-state index in [1.54, 1.807) is 12.1 Å². The summed E-state index contributed by atoms with van der Waals surface area (Å²) < 4.78 is 25.3. The number of benzene rings is 1. The van der Waals surface area contributed by atoms with Gasteiger partial charge in [-0.15, -0.1) is 0 Å². The van der Waals surface area contributed by atoms with Crippen molar-refractivity contribution in [2.24, 2.45) is 5.73 Å². The van der Waals surface area contributed by atoms with Crippen molar-refractivity contribution in [3.63, 3.8) is 0 Å². The first-order valence-electron chi connectivity index (χ1n) is 6.97. The molecule has 1 fully saturated rings. The third-order valence-corrected chi connectivity index (χ3v) is 4.09. The third kappa shape index (κ3) is 3.28. The Morgan fingerprint density at radius 2 is 1.76 bits per heavy atom. The molecule has 1 heterocycles. The molecule has 114 valence electrons. The molecule has 4 nitrogen and oxygen atoms in total. The summed E-state index contributed by atoms with van der Waals surface area (Å²) in [6.07, 6.45) is 1.77. The first kappa shape index (κ1) is 16.0. The molecule has 6 heteroatoms. The second kappa shape index (κ2) is 5.44. The molecule has 0 atom stereocenters. The van der Waals surface area contributed by atoms with E-state index in [1.807, 2.05) is 27.7 Å². The molecule has 2 rings (SSSR count). The average Bonchev–Trinajstić information content (AvgIpc) is 2.54. The molecule has 1 aromatic carbocycles. The Morgan fingerprint density at radius 1 is 1.19 bits per heavy atom. The Kier molecular flexibility index (Phi) is 4.15. The lowest BCUT2D eigenvalue weighted by Gasteiger charge is -2.32. The maximum absolute atomic E-state index is 13.4. The predicted octanol–water partition coefficient (Wildman–Crippen LogP) is 2.38. The van der Waals surface area contributed by atoms with E-state index in [9.17, 15) is 4.39 Å². The van der Waals surface area contributed by atoms with Gasteiger partial charge in [-0.25, -0.2) is 4.39 Å². The molecule has 1 aliphatic rings. The van der Waals surface area contributed by atoms with Gasteiger partial charge < -0.3 is 20.8 Å². The minimum absolute atomic E-state index is 0.257. The Morgan fingerprint density at radius 3 is 2.24 bits per heavy atom. The number of nitrogens with two attached hydrogens (primary N) is 2. The lowest BCUT2D eigenvalue weighted by molar-refractivity contribution is 0.00578. The van der Waals surface area contributed by atoms with Gasteiger partial charge in [-0.3, -0.25) is 0 Å². The first-order valence-corrected chi connectivity index (χ1v) is 6.97. The predicted molar refractivity (Wildman–Crippen MR) is 83.9 cm³/mol. The highest BCUT2D eigenvalue weighted by Crippen LogP contribution is 2.38. The van der Waals surface area contributed by atoms with Crippen molar-refractivity contribution < 1.29 is 13.7 Å². The van der Waals surface area contributed by atoms with Crippen LogP contribution in [-0.2, 0) is 9.31 Å². The van der Waals surface area contributed by atoms with Crippen LogP contribution in [0.25, 0.3) is 6.08 Å². The molecule has 0 saturated carbocycles. The highest BCUT2D eigenvalue weighted by molar-refractivity contribution is 6.55. The molecular formula is C15H22BFN2O2. The smallest absolute Gasteiger partial charge is 0.400 e. The molecule has 0 amide bonds. The minimum Gasteiger partial charge on any atom is -0.400 e. The molecule has 1 aliphatic heterocycles. The Bertz CT molecular complexity index is 537. The fraction of sp³-hybridized carbons (Fsp3) is 0.467. The van der Waals surface area contributed by atoms with Gasteiger partial charge in [-0.1, -0.05) is 6.08 Å². The Balaban J connectivity index is 2.30.